The maximum absolute atomic E-state index is 5.62. The van der Waals surface area contributed by atoms with Gasteiger partial charge in [0.05, 0.1) is 12.2 Å². The van der Waals surface area contributed by atoms with Gasteiger partial charge in [0.15, 0.2) is 0 Å². The molecule has 0 atom stereocenters. The maximum atomic E-state index is 5.62. The number of furan rings is 1. The quantitative estimate of drug-likeness (QED) is 0.864. The molecule has 2 aromatic rings. The summed E-state index contributed by atoms with van der Waals surface area (Å²) in [6, 6.07) is 9.81. The predicted octanol–water partition coefficient (Wildman–Crippen LogP) is 3.62. The highest BCUT2D eigenvalue weighted by atomic mass is 79.9. The summed E-state index contributed by atoms with van der Waals surface area (Å²) in [4.78, 5) is 2.50. The monoisotopic (exact) mass is 338 g/mol. The smallest absolute Gasteiger partial charge is 0.123 e. The van der Waals surface area contributed by atoms with E-state index in [1.54, 1.807) is 0 Å². The molecule has 0 aliphatic rings. The SMILES string of the molecule is Cc1ccc(CN(C)c2ccc(C(N)=S)cc2Br)o1. The zero-order valence-electron chi connectivity index (χ0n) is 10.8. The molecule has 3 nitrogen and oxygen atoms in total. The number of nitrogens with zero attached hydrogens (tertiary/aromatic N) is 1. The van der Waals surface area contributed by atoms with E-state index in [0.717, 1.165) is 27.2 Å². The fourth-order valence-electron chi connectivity index (χ4n) is 1.86. The normalized spacial score (nSPS) is 10.5. The molecule has 2 N–H and O–H groups in total. The van der Waals surface area contributed by atoms with Gasteiger partial charge in [-0.05, 0) is 53.2 Å². The van der Waals surface area contributed by atoms with Crippen molar-refractivity contribution in [2.75, 3.05) is 11.9 Å². The summed E-state index contributed by atoms with van der Waals surface area (Å²) >= 11 is 8.51. The molecule has 0 aliphatic heterocycles. The number of anilines is 1. The van der Waals surface area contributed by atoms with Gasteiger partial charge in [-0.2, -0.15) is 0 Å². The largest absolute Gasteiger partial charge is 0.464 e. The molecule has 0 unspecified atom stereocenters. The number of thiocarbonyl (C=S) groups is 1. The minimum absolute atomic E-state index is 0.400. The number of aryl methyl sites for hydroxylation is 1. The molecule has 1 aromatic heterocycles. The van der Waals surface area contributed by atoms with Crippen LogP contribution in [0, 0.1) is 6.92 Å². The van der Waals surface area contributed by atoms with Crippen LogP contribution in [0.5, 0.6) is 0 Å². The summed E-state index contributed by atoms with van der Waals surface area (Å²) in [5.74, 6) is 1.86. The number of halogens is 1. The van der Waals surface area contributed by atoms with Crippen LogP contribution >= 0.6 is 28.1 Å². The Morgan fingerprint density at radius 2 is 2.11 bits per heavy atom. The number of hydrogen-bond acceptors (Lipinski definition) is 3. The van der Waals surface area contributed by atoms with Crippen LogP contribution in [0.1, 0.15) is 17.1 Å². The molecular formula is C14H15BrN2OS. The zero-order valence-corrected chi connectivity index (χ0v) is 13.2. The van der Waals surface area contributed by atoms with Crippen LogP contribution in [0.4, 0.5) is 5.69 Å². The molecule has 100 valence electrons. The second kappa shape index (κ2) is 5.75. The van der Waals surface area contributed by atoms with Gasteiger partial charge in [0.2, 0.25) is 0 Å². The van der Waals surface area contributed by atoms with Gasteiger partial charge in [-0.1, -0.05) is 12.2 Å². The Kier molecular flexibility index (Phi) is 4.27. The molecule has 0 spiro atoms. The standard InChI is InChI=1S/C14H15BrN2OS/c1-9-3-5-11(18-9)8-17(2)13-6-4-10(14(16)19)7-12(13)15/h3-7H,8H2,1-2H3,(H2,16,19). The van der Waals surface area contributed by atoms with Crippen LogP contribution < -0.4 is 10.6 Å². The van der Waals surface area contributed by atoms with Crippen molar-refractivity contribution in [2.45, 2.75) is 13.5 Å². The van der Waals surface area contributed by atoms with Crippen molar-refractivity contribution < 1.29 is 4.42 Å². The minimum atomic E-state index is 0.400. The summed E-state index contributed by atoms with van der Waals surface area (Å²) in [5.41, 5.74) is 7.54. The Bertz CT molecular complexity index is 609. The van der Waals surface area contributed by atoms with E-state index >= 15 is 0 Å². The van der Waals surface area contributed by atoms with E-state index in [4.69, 9.17) is 22.4 Å². The highest BCUT2D eigenvalue weighted by molar-refractivity contribution is 9.10. The lowest BCUT2D eigenvalue weighted by atomic mass is 10.2. The van der Waals surface area contributed by atoms with Crippen molar-refractivity contribution in [2.24, 2.45) is 5.73 Å². The Hall–Kier alpha value is -1.33. The van der Waals surface area contributed by atoms with E-state index in [-0.39, 0.29) is 0 Å². The summed E-state index contributed by atoms with van der Waals surface area (Å²) in [6.45, 7) is 2.65. The first-order chi connectivity index (χ1) is 8.97. The van der Waals surface area contributed by atoms with Gasteiger partial charge in [-0.15, -0.1) is 0 Å². The minimum Gasteiger partial charge on any atom is -0.464 e. The summed E-state index contributed by atoms with van der Waals surface area (Å²) in [5, 5.41) is 0. The van der Waals surface area contributed by atoms with Gasteiger partial charge < -0.3 is 15.1 Å². The van der Waals surface area contributed by atoms with Gasteiger partial charge >= 0.3 is 0 Å². The summed E-state index contributed by atoms with van der Waals surface area (Å²) < 4.78 is 6.54. The van der Waals surface area contributed by atoms with Crippen molar-refractivity contribution in [1.29, 1.82) is 0 Å². The maximum Gasteiger partial charge on any atom is 0.123 e. The highest BCUT2D eigenvalue weighted by Gasteiger charge is 2.10. The molecule has 2 rings (SSSR count). The fraction of sp³-hybridized carbons (Fsp3) is 0.214. The van der Waals surface area contributed by atoms with Crippen molar-refractivity contribution in [3.8, 4) is 0 Å². The number of benzene rings is 1. The average molecular weight is 339 g/mol. The van der Waals surface area contributed by atoms with Gasteiger partial charge in [-0.3, -0.25) is 0 Å². The van der Waals surface area contributed by atoms with Gasteiger partial charge in [-0.25, -0.2) is 0 Å². The van der Waals surface area contributed by atoms with Gasteiger partial charge in [0, 0.05) is 17.1 Å². The summed E-state index contributed by atoms with van der Waals surface area (Å²) in [6.07, 6.45) is 0. The van der Waals surface area contributed by atoms with E-state index in [1.165, 1.54) is 0 Å². The average Bonchev–Trinajstić information content (AvgIpc) is 2.74. The molecule has 0 saturated carbocycles. The van der Waals surface area contributed by atoms with Crippen LogP contribution in [0.15, 0.2) is 39.2 Å². The lowest BCUT2D eigenvalue weighted by Crippen LogP contribution is -2.17. The van der Waals surface area contributed by atoms with Crippen LogP contribution in [0.25, 0.3) is 0 Å². The van der Waals surface area contributed by atoms with Crippen LogP contribution in [0.2, 0.25) is 0 Å². The second-order valence-electron chi connectivity index (χ2n) is 4.40. The van der Waals surface area contributed by atoms with E-state index in [9.17, 15) is 0 Å². The topological polar surface area (TPSA) is 42.4 Å². The lowest BCUT2D eigenvalue weighted by molar-refractivity contribution is 0.482. The van der Waals surface area contributed by atoms with Gasteiger partial charge in [0.1, 0.15) is 16.5 Å². The molecule has 19 heavy (non-hydrogen) atoms. The highest BCUT2D eigenvalue weighted by Crippen LogP contribution is 2.28. The Labute approximate surface area is 126 Å². The van der Waals surface area contributed by atoms with E-state index in [0.29, 0.717) is 11.5 Å². The third kappa shape index (κ3) is 3.36. The van der Waals surface area contributed by atoms with Crippen molar-refractivity contribution in [3.63, 3.8) is 0 Å². The first-order valence-corrected chi connectivity index (χ1v) is 7.03. The Balaban J connectivity index is 2.19. The molecule has 5 heteroatoms. The molecule has 1 aromatic carbocycles. The van der Waals surface area contributed by atoms with Crippen LogP contribution in [-0.2, 0) is 6.54 Å². The molecule has 0 bridgehead atoms. The second-order valence-corrected chi connectivity index (χ2v) is 5.69. The molecular weight excluding hydrogens is 324 g/mol. The van der Waals surface area contributed by atoms with Crippen molar-refractivity contribution in [3.05, 3.63) is 51.9 Å². The Morgan fingerprint density at radius 1 is 1.37 bits per heavy atom. The van der Waals surface area contributed by atoms with Crippen molar-refractivity contribution >= 4 is 38.8 Å². The van der Waals surface area contributed by atoms with E-state index < -0.39 is 0 Å². The molecule has 0 amide bonds. The first kappa shape index (κ1) is 14.1. The van der Waals surface area contributed by atoms with E-state index in [2.05, 4.69) is 20.8 Å². The predicted molar refractivity (Wildman–Crippen MR) is 85.6 cm³/mol. The molecule has 0 fully saturated rings. The van der Waals surface area contributed by atoms with Crippen molar-refractivity contribution in [1.82, 2.24) is 0 Å². The van der Waals surface area contributed by atoms with Crippen LogP contribution in [0.3, 0.4) is 0 Å². The third-order valence-corrected chi connectivity index (χ3v) is 3.70. The summed E-state index contributed by atoms with van der Waals surface area (Å²) in [7, 11) is 2.01. The number of nitrogens with two attached hydrogens (primary N) is 1. The number of hydrogen-bond donors (Lipinski definition) is 1. The fourth-order valence-corrected chi connectivity index (χ4v) is 2.67. The first-order valence-electron chi connectivity index (χ1n) is 5.83. The lowest BCUT2D eigenvalue weighted by Gasteiger charge is -2.20. The molecule has 0 radical (unpaired) electrons. The van der Waals surface area contributed by atoms with Gasteiger partial charge in [0.25, 0.3) is 0 Å². The zero-order chi connectivity index (χ0) is 14.0. The molecule has 0 aliphatic carbocycles. The third-order valence-electron chi connectivity index (χ3n) is 2.83. The van der Waals surface area contributed by atoms with Crippen LogP contribution in [-0.4, -0.2) is 12.0 Å². The Morgan fingerprint density at radius 3 is 2.63 bits per heavy atom. The number of rotatable bonds is 4. The molecule has 0 saturated heterocycles. The van der Waals surface area contributed by atoms with E-state index in [1.807, 2.05) is 44.3 Å². The molecule has 1 heterocycles.